The number of carbonyl (C=O) groups excluding carboxylic acids is 2. The number of nitrogens with zero attached hydrogens (tertiary/aromatic N) is 2. The molecule has 5 nitrogen and oxygen atoms in total. The number of amides is 2. The first kappa shape index (κ1) is 17.3. The van der Waals surface area contributed by atoms with Gasteiger partial charge in [-0.05, 0) is 23.6 Å². The third-order valence-corrected chi connectivity index (χ3v) is 4.09. The lowest BCUT2D eigenvalue weighted by molar-refractivity contribution is -0.129. The molecule has 1 atom stereocenters. The SMILES string of the molecule is CC(C)CN1C[C@@H](C(=O)NCc2ccc(N(C)C)cc2)CC1=O. The Balaban J connectivity index is 1.84. The summed E-state index contributed by atoms with van der Waals surface area (Å²) in [7, 11) is 3.99. The average Bonchev–Trinajstić information content (AvgIpc) is 2.85. The molecular formula is C18H27N3O2. The third kappa shape index (κ3) is 4.71. The predicted molar refractivity (Wildman–Crippen MR) is 92.1 cm³/mol. The van der Waals surface area contributed by atoms with Crippen LogP contribution in [-0.2, 0) is 16.1 Å². The van der Waals surface area contributed by atoms with Crippen molar-refractivity contribution in [3.8, 4) is 0 Å². The number of carbonyl (C=O) groups is 2. The number of benzene rings is 1. The fourth-order valence-corrected chi connectivity index (χ4v) is 2.81. The molecule has 1 aliphatic heterocycles. The molecule has 23 heavy (non-hydrogen) atoms. The third-order valence-electron chi connectivity index (χ3n) is 4.09. The van der Waals surface area contributed by atoms with Crippen molar-refractivity contribution in [1.82, 2.24) is 10.2 Å². The second-order valence-corrected chi connectivity index (χ2v) is 6.87. The molecule has 5 heteroatoms. The minimum absolute atomic E-state index is 0.0266. The van der Waals surface area contributed by atoms with Crippen LogP contribution in [0.1, 0.15) is 25.8 Å². The lowest BCUT2D eigenvalue weighted by Gasteiger charge is -2.18. The van der Waals surface area contributed by atoms with Gasteiger partial charge in [-0.15, -0.1) is 0 Å². The molecule has 0 unspecified atom stereocenters. The predicted octanol–water partition coefficient (Wildman–Crippen LogP) is 1.87. The maximum atomic E-state index is 12.3. The molecular weight excluding hydrogens is 290 g/mol. The van der Waals surface area contributed by atoms with Crippen LogP contribution in [0.25, 0.3) is 0 Å². The molecule has 126 valence electrons. The second kappa shape index (κ2) is 7.49. The zero-order valence-electron chi connectivity index (χ0n) is 14.5. The zero-order chi connectivity index (χ0) is 17.0. The molecule has 2 rings (SSSR count). The van der Waals surface area contributed by atoms with Crippen molar-refractivity contribution in [2.24, 2.45) is 11.8 Å². The van der Waals surface area contributed by atoms with Gasteiger partial charge in [0.05, 0.1) is 5.92 Å². The number of likely N-dealkylation sites (tertiary alicyclic amines) is 1. The van der Waals surface area contributed by atoms with Crippen LogP contribution < -0.4 is 10.2 Å². The van der Waals surface area contributed by atoms with E-state index >= 15 is 0 Å². The van der Waals surface area contributed by atoms with E-state index < -0.39 is 0 Å². The van der Waals surface area contributed by atoms with E-state index in [0.717, 1.165) is 17.8 Å². The van der Waals surface area contributed by atoms with Crippen LogP contribution in [0.3, 0.4) is 0 Å². The lowest BCUT2D eigenvalue weighted by atomic mass is 10.1. The smallest absolute Gasteiger partial charge is 0.225 e. The van der Waals surface area contributed by atoms with Crippen molar-refractivity contribution in [3.63, 3.8) is 0 Å². The number of hydrogen-bond donors (Lipinski definition) is 1. The molecule has 1 aliphatic rings. The maximum absolute atomic E-state index is 12.3. The van der Waals surface area contributed by atoms with Crippen LogP contribution >= 0.6 is 0 Å². The molecule has 1 aromatic rings. The van der Waals surface area contributed by atoms with Crippen LogP contribution in [0.15, 0.2) is 24.3 Å². The van der Waals surface area contributed by atoms with Gasteiger partial charge in [0.15, 0.2) is 0 Å². The molecule has 2 amide bonds. The molecule has 0 bridgehead atoms. The Labute approximate surface area is 138 Å². The zero-order valence-corrected chi connectivity index (χ0v) is 14.5. The minimum atomic E-state index is -0.220. The van der Waals surface area contributed by atoms with Crippen LogP contribution in [0.4, 0.5) is 5.69 Å². The van der Waals surface area contributed by atoms with E-state index in [1.54, 1.807) is 4.90 Å². The van der Waals surface area contributed by atoms with Crippen LogP contribution in [0.2, 0.25) is 0 Å². The van der Waals surface area contributed by atoms with Crippen molar-refractivity contribution in [2.75, 3.05) is 32.1 Å². The topological polar surface area (TPSA) is 52.7 Å². The highest BCUT2D eigenvalue weighted by Crippen LogP contribution is 2.19. The van der Waals surface area contributed by atoms with Gasteiger partial charge in [-0.1, -0.05) is 26.0 Å². The highest BCUT2D eigenvalue weighted by molar-refractivity contribution is 5.89. The first-order valence-corrected chi connectivity index (χ1v) is 8.18. The molecule has 1 aromatic carbocycles. The summed E-state index contributed by atoms with van der Waals surface area (Å²) in [6, 6.07) is 8.09. The molecule has 0 saturated carbocycles. The van der Waals surface area contributed by atoms with Gasteiger partial charge in [0.2, 0.25) is 11.8 Å². The molecule has 1 fully saturated rings. The monoisotopic (exact) mass is 317 g/mol. The summed E-state index contributed by atoms with van der Waals surface area (Å²) in [5, 5.41) is 2.95. The summed E-state index contributed by atoms with van der Waals surface area (Å²) in [6.45, 7) is 5.94. The van der Waals surface area contributed by atoms with Crippen molar-refractivity contribution in [3.05, 3.63) is 29.8 Å². The highest BCUT2D eigenvalue weighted by Gasteiger charge is 2.34. The minimum Gasteiger partial charge on any atom is -0.378 e. The fourth-order valence-electron chi connectivity index (χ4n) is 2.81. The number of nitrogens with one attached hydrogen (secondary N) is 1. The van der Waals surface area contributed by atoms with E-state index in [4.69, 9.17) is 0 Å². The number of rotatable bonds is 6. The molecule has 0 spiro atoms. The van der Waals surface area contributed by atoms with E-state index in [1.807, 2.05) is 43.3 Å². The summed E-state index contributed by atoms with van der Waals surface area (Å²) in [4.78, 5) is 28.1. The van der Waals surface area contributed by atoms with Gasteiger partial charge >= 0.3 is 0 Å². The first-order chi connectivity index (χ1) is 10.9. The molecule has 1 saturated heterocycles. The lowest BCUT2D eigenvalue weighted by Crippen LogP contribution is -2.33. The van der Waals surface area contributed by atoms with Crippen molar-refractivity contribution in [2.45, 2.75) is 26.8 Å². The number of hydrogen-bond acceptors (Lipinski definition) is 3. The van der Waals surface area contributed by atoms with E-state index in [0.29, 0.717) is 25.4 Å². The summed E-state index contributed by atoms with van der Waals surface area (Å²) in [6.07, 6.45) is 0.331. The fraction of sp³-hybridized carbons (Fsp3) is 0.556. The van der Waals surface area contributed by atoms with Gasteiger partial charge in [-0.3, -0.25) is 9.59 Å². The standard InChI is InChI=1S/C18H27N3O2/c1-13(2)11-21-12-15(9-17(21)22)18(23)19-10-14-5-7-16(8-6-14)20(3)4/h5-8,13,15H,9-12H2,1-4H3,(H,19,23)/t15-/m0/s1. The van der Waals surface area contributed by atoms with E-state index in [9.17, 15) is 9.59 Å². The molecule has 0 aromatic heterocycles. The Morgan fingerprint density at radius 2 is 1.96 bits per heavy atom. The second-order valence-electron chi connectivity index (χ2n) is 6.87. The van der Waals surface area contributed by atoms with Crippen LogP contribution in [0.5, 0.6) is 0 Å². The van der Waals surface area contributed by atoms with Gasteiger partial charge in [0.25, 0.3) is 0 Å². The number of anilines is 1. The Kier molecular flexibility index (Phi) is 5.64. The van der Waals surface area contributed by atoms with Gasteiger partial charge in [-0.2, -0.15) is 0 Å². The van der Waals surface area contributed by atoms with E-state index in [2.05, 4.69) is 19.2 Å². The van der Waals surface area contributed by atoms with Crippen LogP contribution in [0, 0.1) is 11.8 Å². The van der Waals surface area contributed by atoms with Crippen molar-refractivity contribution >= 4 is 17.5 Å². The van der Waals surface area contributed by atoms with Crippen molar-refractivity contribution < 1.29 is 9.59 Å². The molecule has 1 heterocycles. The van der Waals surface area contributed by atoms with Gasteiger partial charge in [0, 0.05) is 45.8 Å². The van der Waals surface area contributed by atoms with Gasteiger partial charge in [-0.25, -0.2) is 0 Å². The molecule has 0 aliphatic carbocycles. The maximum Gasteiger partial charge on any atom is 0.225 e. The van der Waals surface area contributed by atoms with E-state index in [1.165, 1.54) is 0 Å². The van der Waals surface area contributed by atoms with Gasteiger partial charge < -0.3 is 15.1 Å². The average molecular weight is 317 g/mol. The Morgan fingerprint density at radius 3 is 2.52 bits per heavy atom. The summed E-state index contributed by atoms with van der Waals surface area (Å²) in [5.74, 6) is 0.272. The normalized spacial score (nSPS) is 17.7. The first-order valence-electron chi connectivity index (χ1n) is 8.18. The van der Waals surface area contributed by atoms with E-state index in [-0.39, 0.29) is 17.7 Å². The summed E-state index contributed by atoms with van der Waals surface area (Å²) in [5.41, 5.74) is 2.19. The molecule has 1 N–H and O–H groups in total. The quantitative estimate of drug-likeness (QED) is 0.871. The largest absolute Gasteiger partial charge is 0.378 e. The van der Waals surface area contributed by atoms with Gasteiger partial charge in [0.1, 0.15) is 0 Å². The summed E-state index contributed by atoms with van der Waals surface area (Å²) < 4.78 is 0. The molecule has 0 radical (unpaired) electrons. The Bertz CT molecular complexity index is 552. The van der Waals surface area contributed by atoms with Crippen molar-refractivity contribution in [1.29, 1.82) is 0 Å². The highest BCUT2D eigenvalue weighted by atomic mass is 16.2. The Morgan fingerprint density at radius 1 is 1.30 bits per heavy atom. The Hall–Kier alpha value is -2.04. The van der Waals surface area contributed by atoms with Crippen LogP contribution in [-0.4, -0.2) is 43.9 Å². The summed E-state index contributed by atoms with van der Waals surface area (Å²) >= 11 is 0.